The molecule has 1 fully saturated rings. The largest absolute Gasteiger partial charge is 0.573 e. The van der Waals surface area contributed by atoms with Crippen molar-refractivity contribution in [1.29, 1.82) is 0 Å². The second-order valence-electron chi connectivity index (χ2n) is 10.1. The van der Waals surface area contributed by atoms with E-state index in [4.69, 9.17) is 5.73 Å². The fourth-order valence-electron chi connectivity index (χ4n) is 4.79. The van der Waals surface area contributed by atoms with Gasteiger partial charge in [0.25, 0.3) is 0 Å². The number of hydrogen-bond donors (Lipinski definition) is 4. The Hall–Kier alpha value is -4.46. The third kappa shape index (κ3) is 9.03. The van der Waals surface area contributed by atoms with Crippen LogP contribution in [0.5, 0.6) is 5.75 Å². The van der Waals surface area contributed by atoms with Crippen LogP contribution in [0, 0.1) is 16.0 Å². The highest BCUT2D eigenvalue weighted by atomic mass is 19.4. The van der Waals surface area contributed by atoms with Gasteiger partial charge in [-0.25, -0.2) is 4.98 Å². The highest BCUT2D eigenvalue weighted by Gasteiger charge is 2.32. The van der Waals surface area contributed by atoms with Gasteiger partial charge in [-0.2, -0.15) is 4.98 Å². The molecule has 0 bridgehead atoms. The molecule has 1 atom stereocenters. The van der Waals surface area contributed by atoms with Gasteiger partial charge in [0.15, 0.2) is 0 Å². The number of nitrogens with one attached hydrogen (secondary N) is 3. The van der Waals surface area contributed by atoms with Crippen LogP contribution in [-0.4, -0.2) is 45.8 Å². The molecule has 0 saturated heterocycles. The minimum absolute atomic E-state index is 0.000335. The molecule has 1 aliphatic rings. The van der Waals surface area contributed by atoms with E-state index >= 15 is 0 Å². The van der Waals surface area contributed by atoms with Crippen molar-refractivity contribution in [3.05, 3.63) is 82.0 Å². The van der Waals surface area contributed by atoms with Crippen molar-refractivity contribution in [3.63, 3.8) is 0 Å². The van der Waals surface area contributed by atoms with Crippen molar-refractivity contribution in [1.82, 2.24) is 15.3 Å². The second kappa shape index (κ2) is 13.9. The van der Waals surface area contributed by atoms with E-state index in [0.717, 1.165) is 37.4 Å². The van der Waals surface area contributed by atoms with E-state index in [9.17, 15) is 28.1 Å². The summed E-state index contributed by atoms with van der Waals surface area (Å²) in [6.07, 6.45) is -0.299. The molecule has 14 heteroatoms. The van der Waals surface area contributed by atoms with Gasteiger partial charge in [-0.05, 0) is 49.7 Å². The topological polar surface area (TPSA) is 157 Å². The number of halogens is 3. The van der Waals surface area contributed by atoms with Crippen molar-refractivity contribution in [2.75, 3.05) is 17.2 Å². The van der Waals surface area contributed by atoms with Crippen molar-refractivity contribution in [2.24, 2.45) is 11.7 Å². The summed E-state index contributed by atoms with van der Waals surface area (Å²) in [6, 6.07) is 14.5. The Bertz CT molecular complexity index is 1350. The van der Waals surface area contributed by atoms with Crippen molar-refractivity contribution < 1.29 is 27.6 Å². The number of nitrogens with two attached hydrogens (primary N) is 1. The van der Waals surface area contributed by atoms with E-state index in [1.54, 1.807) is 6.07 Å². The number of carbonyl (C=O) groups excluding carboxylic acids is 1. The zero-order chi connectivity index (χ0) is 30.1. The summed E-state index contributed by atoms with van der Waals surface area (Å²) in [7, 11) is 0. The molecule has 1 saturated carbocycles. The minimum atomic E-state index is -4.85. The maximum Gasteiger partial charge on any atom is 0.573 e. The molecule has 1 aromatic heterocycles. The molecule has 42 heavy (non-hydrogen) atoms. The van der Waals surface area contributed by atoms with Crippen LogP contribution in [0.3, 0.4) is 0 Å². The summed E-state index contributed by atoms with van der Waals surface area (Å²) >= 11 is 0. The summed E-state index contributed by atoms with van der Waals surface area (Å²) in [6.45, 7) is 0.308. The molecule has 1 heterocycles. The van der Waals surface area contributed by atoms with Gasteiger partial charge in [-0.15, -0.1) is 13.2 Å². The van der Waals surface area contributed by atoms with Gasteiger partial charge in [0.1, 0.15) is 11.9 Å². The van der Waals surface area contributed by atoms with Gasteiger partial charge in [-0.3, -0.25) is 14.9 Å². The first-order chi connectivity index (χ1) is 20.1. The second-order valence-corrected chi connectivity index (χ2v) is 10.1. The number of carbonyl (C=O) groups is 1. The van der Waals surface area contributed by atoms with E-state index in [1.807, 2.05) is 30.3 Å². The number of para-hydroxylation sites is 1. The lowest BCUT2D eigenvalue weighted by Gasteiger charge is -2.30. The number of rotatable bonds is 12. The Kier molecular flexibility index (Phi) is 10.1. The molecule has 0 aliphatic heterocycles. The number of benzene rings is 2. The Morgan fingerprint density at radius 3 is 2.45 bits per heavy atom. The van der Waals surface area contributed by atoms with E-state index in [-0.39, 0.29) is 53.2 Å². The average molecular weight is 588 g/mol. The summed E-state index contributed by atoms with van der Waals surface area (Å²) in [5.41, 5.74) is 6.97. The lowest BCUT2D eigenvalue weighted by Crippen LogP contribution is -2.47. The van der Waals surface area contributed by atoms with Gasteiger partial charge in [0.2, 0.25) is 17.7 Å². The molecule has 11 nitrogen and oxygen atoms in total. The van der Waals surface area contributed by atoms with Gasteiger partial charge >= 0.3 is 12.0 Å². The van der Waals surface area contributed by atoms with E-state index in [2.05, 4.69) is 30.7 Å². The number of hydrogen-bond acceptors (Lipinski definition) is 9. The lowest BCUT2D eigenvalue weighted by molar-refractivity contribution is -0.384. The van der Waals surface area contributed by atoms with Crippen LogP contribution >= 0.6 is 0 Å². The standard InChI is InChI=1S/C28H32F3N7O4/c29-28(30,31)42-24-9-5-4-8-20(24)16-34-27-35-17-23(38(40)41)25(37-27)33-15-19-10-12-21(13-11-19)36-26(39)22(32)14-18-6-2-1-3-7-18/h1-9,17,19,21-22H,10-16,32H2,(H,36,39)(H2,33,34,35,37)/t19-,21-,22-/m0/s1. The summed E-state index contributed by atoms with van der Waals surface area (Å²) in [5, 5.41) is 20.4. The first-order valence-corrected chi connectivity index (χ1v) is 13.5. The molecule has 2 aromatic carbocycles. The normalized spacial score (nSPS) is 17.6. The predicted molar refractivity (Wildman–Crippen MR) is 150 cm³/mol. The number of amides is 1. The van der Waals surface area contributed by atoms with Gasteiger partial charge < -0.3 is 26.4 Å². The molecule has 0 radical (unpaired) electrons. The quantitative estimate of drug-likeness (QED) is 0.176. The maximum absolute atomic E-state index is 12.7. The van der Waals surface area contributed by atoms with Crippen LogP contribution in [0.25, 0.3) is 0 Å². The summed E-state index contributed by atoms with van der Waals surface area (Å²) < 4.78 is 42.2. The van der Waals surface area contributed by atoms with Gasteiger partial charge in [-0.1, -0.05) is 48.5 Å². The lowest BCUT2D eigenvalue weighted by atomic mass is 9.86. The third-order valence-corrected chi connectivity index (χ3v) is 6.99. The molecule has 0 spiro atoms. The first kappa shape index (κ1) is 30.5. The number of anilines is 2. The average Bonchev–Trinajstić information content (AvgIpc) is 2.96. The maximum atomic E-state index is 12.7. The number of alkyl halides is 3. The highest BCUT2D eigenvalue weighted by molar-refractivity contribution is 5.82. The Morgan fingerprint density at radius 2 is 1.76 bits per heavy atom. The fraction of sp³-hybridized carbons (Fsp3) is 0.393. The highest BCUT2D eigenvalue weighted by Crippen LogP contribution is 2.29. The number of aromatic nitrogens is 2. The van der Waals surface area contributed by atoms with Crippen molar-refractivity contribution >= 4 is 23.4 Å². The van der Waals surface area contributed by atoms with Gasteiger partial charge in [0.05, 0.1) is 11.0 Å². The predicted octanol–water partition coefficient (Wildman–Crippen LogP) is 4.55. The molecule has 3 aromatic rings. The smallest absolute Gasteiger partial charge is 0.405 e. The van der Waals surface area contributed by atoms with E-state index in [1.165, 1.54) is 18.2 Å². The molecular formula is C28H32F3N7O4. The van der Waals surface area contributed by atoms with Crippen LogP contribution in [0.2, 0.25) is 0 Å². The monoisotopic (exact) mass is 587 g/mol. The van der Waals surface area contributed by atoms with Crippen LogP contribution < -0.4 is 26.4 Å². The number of nitrogens with zero attached hydrogens (tertiary/aromatic N) is 3. The number of ether oxygens (including phenoxy) is 1. The molecular weight excluding hydrogens is 555 g/mol. The Morgan fingerprint density at radius 1 is 1.07 bits per heavy atom. The number of nitro groups is 1. The van der Waals surface area contributed by atoms with E-state index in [0.29, 0.717) is 13.0 Å². The van der Waals surface area contributed by atoms with Gasteiger partial charge in [0, 0.05) is 24.7 Å². The molecule has 5 N–H and O–H groups in total. The molecule has 1 amide bonds. The van der Waals surface area contributed by atoms with Crippen LogP contribution in [0.15, 0.2) is 60.8 Å². The van der Waals surface area contributed by atoms with Crippen molar-refractivity contribution in [3.8, 4) is 5.75 Å². The Labute approximate surface area is 240 Å². The van der Waals surface area contributed by atoms with Crippen LogP contribution in [-0.2, 0) is 17.8 Å². The molecule has 4 rings (SSSR count). The zero-order valence-electron chi connectivity index (χ0n) is 22.6. The SMILES string of the molecule is N[C@@H](Cc1ccccc1)C(=O)N[C@H]1CC[C@H](CNc2nc(NCc3ccccc3OC(F)(F)F)ncc2[N+](=O)[O-])CC1. The third-order valence-electron chi connectivity index (χ3n) is 6.99. The van der Waals surface area contributed by atoms with Crippen LogP contribution in [0.1, 0.15) is 36.8 Å². The van der Waals surface area contributed by atoms with Crippen molar-refractivity contribution in [2.45, 2.75) is 57.1 Å². The summed E-state index contributed by atoms with van der Waals surface area (Å²) in [4.78, 5) is 31.6. The minimum Gasteiger partial charge on any atom is -0.405 e. The fourth-order valence-corrected chi connectivity index (χ4v) is 4.79. The zero-order valence-corrected chi connectivity index (χ0v) is 22.6. The van der Waals surface area contributed by atoms with Crippen LogP contribution in [0.4, 0.5) is 30.6 Å². The molecule has 0 unspecified atom stereocenters. The first-order valence-electron chi connectivity index (χ1n) is 13.5. The van der Waals surface area contributed by atoms with E-state index < -0.39 is 17.3 Å². The molecule has 224 valence electrons. The summed E-state index contributed by atoms with van der Waals surface area (Å²) in [5.74, 6) is -0.372. The molecule has 1 aliphatic carbocycles. The Balaban J connectivity index is 1.28.